The largest absolute Gasteiger partial charge is 0.462 e. The number of hydrogen-bond donors (Lipinski definition) is 0. The first-order valence-electron chi connectivity index (χ1n) is 17.7. The minimum absolute atomic E-state index is 0.0729. The van der Waals surface area contributed by atoms with Gasteiger partial charge < -0.3 is 14.2 Å². The van der Waals surface area contributed by atoms with Crippen LogP contribution in [0.4, 0.5) is 0 Å². The Labute approximate surface area is 259 Å². The monoisotopic (exact) mass is 594 g/mol. The van der Waals surface area contributed by atoms with Crippen molar-refractivity contribution in [3.8, 4) is 0 Å². The van der Waals surface area contributed by atoms with Crippen molar-refractivity contribution in [3.63, 3.8) is 0 Å². The number of ether oxygens (including phenoxy) is 3. The van der Waals surface area contributed by atoms with Crippen molar-refractivity contribution in [1.82, 2.24) is 0 Å². The fourth-order valence-electron chi connectivity index (χ4n) is 4.79. The Balaban J connectivity index is 4.24. The molecule has 0 rings (SSSR count). The Morgan fingerprint density at radius 2 is 0.786 bits per heavy atom. The molecule has 6 heteroatoms. The maximum Gasteiger partial charge on any atom is 0.306 e. The minimum atomic E-state index is -0.759. The molecule has 0 amide bonds. The summed E-state index contributed by atoms with van der Waals surface area (Å²) in [6.07, 6.45) is 29.5. The van der Waals surface area contributed by atoms with E-state index in [4.69, 9.17) is 14.2 Å². The molecule has 0 spiro atoms. The van der Waals surface area contributed by atoms with Crippen molar-refractivity contribution in [2.75, 3.05) is 13.2 Å². The summed E-state index contributed by atoms with van der Waals surface area (Å²) in [6, 6.07) is 0. The van der Waals surface area contributed by atoms with Gasteiger partial charge in [-0.25, -0.2) is 0 Å². The van der Waals surface area contributed by atoms with E-state index in [0.717, 1.165) is 70.6 Å². The first kappa shape index (κ1) is 40.1. The standard InChI is InChI=1S/C36H66O6/c1-4-7-10-13-15-16-17-18-19-20-21-24-26-29-35(38)41-32-33(31-40-34(37)28-25-22-12-9-6-3)42-36(39)30-27-23-14-11-8-5-2/h16-17,33H,4-15,18-32H2,1-3H3/b17-16-. The molecule has 6 nitrogen and oxygen atoms in total. The molecule has 0 saturated heterocycles. The molecule has 0 aromatic carbocycles. The molecule has 1 unspecified atom stereocenters. The van der Waals surface area contributed by atoms with Crippen LogP contribution in [-0.4, -0.2) is 37.2 Å². The third-order valence-electron chi connectivity index (χ3n) is 7.52. The SMILES string of the molecule is CCCCCC/C=C\CCCCCCCC(=O)OCC(COC(=O)CCCCCCC)OC(=O)CCCCCCCC. The molecular weight excluding hydrogens is 528 g/mol. The summed E-state index contributed by atoms with van der Waals surface area (Å²) in [5, 5.41) is 0. The van der Waals surface area contributed by atoms with Crippen molar-refractivity contribution in [2.45, 2.75) is 187 Å². The van der Waals surface area contributed by atoms with Gasteiger partial charge in [0.1, 0.15) is 13.2 Å². The number of allylic oxidation sites excluding steroid dienone is 2. The third kappa shape index (κ3) is 29.6. The first-order valence-corrected chi connectivity index (χ1v) is 17.7. The van der Waals surface area contributed by atoms with Gasteiger partial charge in [-0.15, -0.1) is 0 Å². The molecule has 0 aromatic rings. The van der Waals surface area contributed by atoms with Crippen molar-refractivity contribution in [2.24, 2.45) is 0 Å². The van der Waals surface area contributed by atoms with Gasteiger partial charge in [0.05, 0.1) is 0 Å². The highest BCUT2D eigenvalue weighted by Crippen LogP contribution is 2.12. The Morgan fingerprint density at radius 1 is 0.452 bits per heavy atom. The highest BCUT2D eigenvalue weighted by atomic mass is 16.6. The summed E-state index contributed by atoms with van der Waals surface area (Å²) in [5.41, 5.74) is 0. The molecule has 0 radical (unpaired) electrons. The molecule has 42 heavy (non-hydrogen) atoms. The van der Waals surface area contributed by atoms with Gasteiger partial charge in [0.15, 0.2) is 6.10 Å². The Morgan fingerprint density at radius 3 is 1.21 bits per heavy atom. The van der Waals surface area contributed by atoms with Gasteiger partial charge >= 0.3 is 17.9 Å². The van der Waals surface area contributed by atoms with Crippen LogP contribution in [0.2, 0.25) is 0 Å². The summed E-state index contributed by atoms with van der Waals surface area (Å²) in [7, 11) is 0. The van der Waals surface area contributed by atoms with Crippen LogP contribution in [0.5, 0.6) is 0 Å². The summed E-state index contributed by atoms with van der Waals surface area (Å²) < 4.78 is 16.4. The zero-order chi connectivity index (χ0) is 30.9. The summed E-state index contributed by atoms with van der Waals surface area (Å²) in [5.74, 6) is -0.911. The normalized spacial score (nSPS) is 12.0. The first-order chi connectivity index (χ1) is 20.5. The highest BCUT2D eigenvalue weighted by Gasteiger charge is 2.19. The fraction of sp³-hybridized carbons (Fsp3) is 0.861. The van der Waals surface area contributed by atoms with Crippen LogP contribution in [0.3, 0.4) is 0 Å². The second kappa shape index (κ2) is 32.1. The number of carbonyl (C=O) groups is 3. The average molecular weight is 595 g/mol. The number of carbonyl (C=O) groups excluding carboxylic acids is 3. The molecule has 0 heterocycles. The van der Waals surface area contributed by atoms with E-state index in [1.165, 1.54) is 70.6 Å². The van der Waals surface area contributed by atoms with Gasteiger partial charge in [-0.2, -0.15) is 0 Å². The second-order valence-corrected chi connectivity index (χ2v) is 11.8. The smallest absolute Gasteiger partial charge is 0.306 e. The lowest BCUT2D eigenvalue weighted by Crippen LogP contribution is -2.30. The zero-order valence-corrected chi connectivity index (χ0v) is 27.8. The maximum absolute atomic E-state index is 12.4. The fourth-order valence-corrected chi connectivity index (χ4v) is 4.79. The molecule has 1 atom stereocenters. The van der Waals surface area contributed by atoms with Crippen molar-refractivity contribution < 1.29 is 28.6 Å². The lowest BCUT2D eigenvalue weighted by Gasteiger charge is -2.18. The lowest BCUT2D eigenvalue weighted by atomic mass is 10.1. The van der Waals surface area contributed by atoms with E-state index in [2.05, 4.69) is 32.9 Å². The number of esters is 3. The molecule has 0 aliphatic rings. The topological polar surface area (TPSA) is 78.9 Å². The van der Waals surface area contributed by atoms with Crippen molar-refractivity contribution in [3.05, 3.63) is 12.2 Å². The lowest BCUT2D eigenvalue weighted by molar-refractivity contribution is -0.167. The van der Waals surface area contributed by atoms with Gasteiger partial charge in [-0.1, -0.05) is 129 Å². The average Bonchev–Trinajstić information content (AvgIpc) is 2.98. The van der Waals surface area contributed by atoms with Gasteiger partial charge in [0.25, 0.3) is 0 Å². The molecule has 0 fully saturated rings. The highest BCUT2D eigenvalue weighted by molar-refractivity contribution is 5.71. The second-order valence-electron chi connectivity index (χ2n) is 11.8. The van der Waals surface area contributed by atoms with Gasteiger partial charge in [0.2, 0.25) is 0 Å². The number of hydrogen-bond acceptors (Lipinski definition) is 6. The van der Waals surface area contributed by atoms with E-state index in [1.807, 2.05) is 0 Å². The van der Waals surface area contributed by atoms with Gasteiger partial charge in [0, 0.05) is 19.3 Å². The van der Waals surface area contributed by atoms with E-state index >= 15 is 0 Å². The van der Waals surface area contributed by atoms with Crippen LogP contribution >= 0.6 is 0 Å². The van der Waals surface area contributed by atoms with E-state index in [9.17, 15) is 14.4 Å². The third-order valence-corrected chi connectivity index (χ3v) is 7.52. The van der Waals surface area contributed by atoms with Crippen LogP contribution in [0, 0.1) is 0 Å². The summed E-state index contributed by atoms with van der Waals surface area (Å²) in [6.45, 7) is 6.43. The zero-order valence-electron chi connectivity index (χ0n) is 27.8. The Kier molecular flexibility index (Phi) is 30.7. The van der Waals surface area contributed by atoms with Crippen LogP contribution in [0.25, 0.3) is 0 Å². The van der Waals surface area contributed by atoms with Gasteiger partial charge in [-0.3, -0.25) is 14.4 Å². The number of rotatable bonds is 31. The van der Waals surface area contributed by atoms with Gasteiger partial charge in [-0.05, 0) is 44.9 Å². The molecule has 246 valence electrons. The molecule has 0 saturated carbocycles. The molecule has 0 bridgehead atoms. The Hall–Kier alpha value is -1.85. The summed E-state index contributed by atoms with van der Waals surface area (Å²) >= 11 is 0. The predicted molar refractivity (Wildman–Crippen MR) is 173 cm³/mol. The predicted octanol–water partition coefficient (Wildman–Crippen LogP) is 10.4. The molecule has 0 aliphatic heterocycles. The van der Waals surface area contributed by atoms with Crippen molar-refractivity contribution >= 4 is 17.9 Å². The van der Waals surface area contributed by atoms with Crippen molar-refractivity contribution in [1.29, 1.82) is 0 Å². The molecular formula is C36H66O6. The maximum atomic E-state index is 12.4. The van der Waals surface area contributed by atoms with E-state index in [-0.39, 0.29) is 31.1 Å². The van der Waals surface area contributed by atoms with Crippen LogP contribution in [0.15, 0.2) is 12.2 Å². The van der Waals surface area contributed by atoms with E-state index in [1.54, 1.807) is 0 Å². The quantitative estimate of drug-likeness (QED) is 0.0344. The number of unbranched alkanes of at least 4 members (excludes halogenated alkanes) is 18. The Bertz CT molecular complexity index is 659. The molecule has 0 N–H and O–H groups in total. The van der Waals surface area contributed by atoms with E-state index < -0.39 is 6.10 Å². The van der Waals surface area contributed by atoms with Crippen LogP contribution in [-0.2, 0) is 28.6 Å². The van der Waals surface area contributed by atoms with Crippen LogP contribution < -0.4 is 0 Å². The molecule has 0 aliphatic carbocycles. The minimum Gasteiger partial charge on any atom is -0.462 e. The summed E-state index contributed by atoms with van der Waals surface area (Å²) in [4.78, 5) is 36.9. The molecule has 0 aromatic heterocycles. The van der Waals surface area contributed by atoms with Crippen LogP contribution in [0.1, 0.15) is 181 Å². The van der Waals surface area contributed by atoms with E-state index in [0.29, 0.717) is 19.3 Å².